The van der Waals surface area contributed by atoms with Crippen LogP contribution in [-0.4, -0.2) is 25.0 Å². The summed E-state index contributed by atoms with van der Waals surface area (Å²) in [4.78, 5) is 10.3. The summed E-state index contributed by atoms with van der Waals surface area (Å²) in [6, 6.07) is 4.22. The van der Waals surface area contributed by atoms with E-state index in [1.165, 1.54) is 22.9 Å². The molecule has 1 aromatic heterocycles. The lowest BCUT2D eigenvalue weighted by molar-refractivity contribution is -0.386. The van der Waals surface area contributed by atoms with Crippen LogP contribution in [0.3, 0.4) is 0 Å². The van der Waals surface area contributed by atoms with Crippen LogP contribution in [0.4, 0.5) is 5.69 Å². The summed E-state index contributed by atoms with van der Waals surface area (Å²) < 4.78 is 6.88. The molecule has 0 fully saturated rings. The molecule has 0 saturated heterocycles. The van der Waals surface area contributed by atoms with Gasteiger partial charge in [0.2, 0.25) is 0 Å². The Morgan fingerprint density at radius 1 is 1.53 bits per heavy atom. The van der Waals surface area contributed by atoms with E-state index in [1.807, 2.05) is 0 Å². The van der Waals surface area contributed by atoms with E-state index >= 15 is 0 Å². The Morgan fingerprint density at radius 3 is 2.89 bits per heavy atom. The summed E-state index contributed by atoms with van der Waals surface area (Å²) in [5.74, 6) is 0.0993. The lowest BCUT2D eigenvalue weighted by Crippen LogP contribution is -2.00. The van der Waals surface area contributed by atoms with Crippen molar-refractivity contribution in [1.29, 1.82) is 0 Å². The maximum Gasteiger partial charge on any atom is 0.310 e. The van der Waals surface area contributed by atoms with Crippen LogP contribution in [0.1, 0.15) is 11.3 Å². The molecule has 0 unspecified atom stereocenters. The Bertz CT molecular complexity index is 596. The molecular formula is C11H12N4O4. The quantitative estimate of drug-likeness (QED) is 0.632. The second-order valence-corrected chi connectivity index (χ2v) is 3.89. The molecule has 0 spiro atoms. The molecule has 0 aliphatic heterocycles. The van der Waals surface area contributed by atoms with Gasteiger partial charge in [0, 0.05) is 13.1 Å². The van der Waals surface area contributed by atoms with E-state index in [4.69, 9.17) is 9.84 Å². The van der Waals surface area contributed by atoms with E-state index in [2.05, 4.69) is 10.3 Å². The largest absolute Gasteiger partial charge is 0.480 e. The Kier molecular flexibility index (Phi) is 3.71. The molecule has 0 atom stereocenters. The fourth-order valence-electron chi connectivity index (χ4n) is 1.54. The van der Waals surface area contributed by atoms with Crippen molar-refractivity contribution < 1.29 is 14.8 Å². The Balaban J connectivity index is 2.19. The molecule has 0 bridgehead atoms. The number of nitro benzene ring substituents is 1. The Morgan fingerprint density at radius 2 is 2.32 bits per heavy atom. The van der Waals surface area contributed by atoms with Crippen LogP contribution in [0.25, 0.3) is 0 Å². The molecule has 2 rings (SSSR count). The zero-order valence-corrected chi connectivity index (χ0v) is 10.2. The van der Waals surface area contributed by atoms with Gasteiger partial charge in [0.1, 0.15) is 12.3 Å². The number of aryl methyl sites for hydroxylation is 1. The summed E-state index contributed by atoms with van der Waals surface area (Å²) in [6.07, 6.45) is 1.65. The molecule has 1 N–H and O–H groups in total. The van der Waals surface area contributed by atoms with Crippen molar-refractivity contribution in [1.82, 2.24) is 15.0 Å². The lowest BCUT2D eigenvalue weighted by Gasteiger charge is -2.06. The molecule has 0 saturated carbocycles. The van der Waals surface area contributed by atoms with Crippen LogP contribution in [0.15, 0.2) is 24.4 Å². The number of ether oxygens (including phenoxy) is 1. The van der Waals surface area contributed by atoms with E-state index in [1.54, 1.807) is 13.2 Å². The van der Waals surface area contributed by atoms with Crippen molar-refractivity contribution in [3.05, 3.63) is 45.8 Å². The van der Waals surface area contributed by atoms with Crippen molar-refractivity contribution in [2.45, 2.75) is 13.2 Å². The zero-order valence-electron chi connectivity index (χ0n) is 10.2. The number of aliphatic hydroxyl groups is 1. The van der Waals surface area contributed by atoms with Crippen molar-refractivity contribution in [3.8, 4) is 5.75 Å². The first-order valence-corrected chi connectivity index (χ1v) is 5.46. The molecule has 0 amide bonds. The second-order valence-electron chi connectivity index (χ2n) is 3.89. The van der Waals surface area contributed by atoms with Crippen LogP contribution < -0.4 is 4.74 Å². The summed E-state index contributed by atoms with van der Waals surface area (Å²) in [7, 11) is 1.71. The van der Waals surface area contributed by atoms with Crippen molar-refractivity contribution >= 4 is 5.69 Å². The van der Waals surface area contributed by atoms with Crippen molar-refractivity contribution in [3.63, 3.8) is 0 Å². The average molecular weight is 264 g/mol. The molecule has 100 valence electrons. The van der Waals surface area contributed by atoms with E-state index in [0.717, 1.165) is 0 Å². The summed E-state index contributed by atoms with van der Waals surface area (Å²) in [6.45, 7) is -0.136. The highest BCUT2D eigenvalue weighted by Gasteiger charge is 2.16. The van der Waals surface area contributed by atoms with Gasteiger partial charge < -0.3 is 9.84 Å². The number of rotatable bonds is 5. The number of aromatic nitrogens is 3. The van der Waals surface area contributed by atoms with Crippen LogP contribution in [0, 0.1) is 10.1 Å². The first-order valence-electron chi connectivity index (χ1n) is 5.46. The van der Waals surface area contributed by atoms with Crippen LogP contribution in [0.5, 0.6) is 5.75 Å². The third kappa shape index (κ3) is 3.05. The van der Waals surface area contributed by atoms with E-state index < -0.39 is 4.92 Å². The summed E-state index contributed by atoms with van der Waals surface area (Å²) in [5.41, 5.74) is 0.951. The second kappa shape index (κ2) is 5.44. The van der Waals surface area contributed by atoms with Gasteiger partial charge in [-0.15, -0.1) is 5.10 Å². The molecular weight excluding hydrogens is 252 g/mol. The molecule has 8 heteroatoms. The minimum atomic E-state index is -0.535. The number of benzene rings is 1. The molecule has 1 aromatic carbocycles. The molecule has 2 aromatic rings. The van der Waals surface area contributed by atoms with Gasteiger partial charge in [-0.2, -0.15) is 0 Å². The Hall–Kier alpha value is -2.48. The minimum absolute atomic E-state index is 0.0730. The predicted molar refractivity (Wildman–Crippen MR) is 64.4 cm³/mol. The molecule has 0 aliphatic rings. The number of aliphatic hydroxyl groups excluding tert-OH is 1. The lowest BCUT2D eigenvalue weighted by atomic mass is 10.2. The van der Waals surface area contributed by atoms with Gasteiger partial charge in [0.15, 0.2) is 5.75 Å². The summed E-state index contributed by atoms with van der Waals surface area (Å²) >= 11 is 0. The summed E-state index contributed by atoms with van der Waals surface area (Å²) in [5, 5.41) is 27.4. The van der Waals surface area contributed by atoms with Crippen LogP contribution >= 0.6 is 0 Å². The number of hydrogen-bond donors (Lipinski definition) is 1. The van der Waals surface area contributed by atoms with Gasteiger partial charge in [-0.05, 0) is 17.7 Å². The van der Waals surface area contributed by atoms with Gasteiger partial charge in [0.05, 0.1) is 17.7 Å². The normalized spacial score (nSPS) is 10.4. The molecule has 8 nitrogen and oxygen atoms in total. The average Bonchev–Trinajstić information content (AvgIpc) is 2.81. The smallest absolute Gasteiger partial charge is 0.310 e. The fourth-order valence-corrected chi connectivity index (χ4v) is 1.54. The first-order chi connectivity index (χ1) is 9.10. The third-order valence-electron chi connectivity index (χ3n) is 2.43. The molecule has 0 aliphatic carbocycles. The van der Waals surface area contributed by atoms with Gasteiger partial charge >= 0.3 is 5.69 Å². The maximum atomic E-state index is 10.9. The highest BCUT2D eigenvalue weighted by atomic mass is 16.6. The first kappa shape index (κ1) is 13.0. The highest BCUT2D eigenvalue weighted by molar-refractivity contribution is 5.48. The van der Waals surface area contributed by atoms with E-state index in [-0.39, 0.29) is 24.7 Å². The monoisotopic (exact) mass is 264 g/mol. The zero-order chi connectivity index (χ0) is 13.8. The highest BCUT2D eigenvalue weighted by Crippen LogP contribution is 2.28. The number of nitrogens with zero attached hydrogens (tertiary/aromatic N) is 4. The van der Waals surface area contributed by atoms with Crippen LogP contribution in [0.2, 0.25) is 0 Å². The molecule has 19 heavy (non-hydrogen) atoms. The van der Waals surface area contributed by atoms with Gasteiger partial charge in [-0.25, -0.2) is 0 Å². The molecule has 0 radical (unpaired) electrons. The fraction of sp³-hybridized carbons (Fsp3) is 0.273. The van der Waals surface area contributed by atoms with Gasteiger partial charge in [-0.1, -0.05) is 5.21 Å². The van der Waals surface area contributed by atoms with E-state index in [9.17, 15) is 10.1 Å². The number of nitro groups is 1. The predicted octanol–water partition coefficient (Wildman–Crippen LogP) is 0.795. The van der Waals surface area contributed by atoms with Gasteiger partial charge in [0.25, 0.3) is 0 Å². The topological polar surface area (TPSA) is 103 Å². The third-order valence-corrected chi connectivity index (χ3v) is 2.43. The maximum absolute atomic E-state index is 10.9. The standard InChI is InChI=1S/C11H12N4O4/c1-14-5-9(12-13-14)7-19-11-4-8(6-16)2-3-10(11)15(17)18/h2-5,16H,6-7H2,1H3. The van der Waals surface area contributed by atoms with Gasteiger partial charge in [-0.3, -0.25) is 14.8 Å². The minimum Gasteiger partial charge on any atom is -0.480 e. The SMILES string of the molecule is Cn1cc(COc2cc(CO)ccc2[N+](=O)[O-])nn1. The van der Waals surface area contributed by atoms with Crippen molar-refractivity contribution in [2.75, 3.05) is 0 Å². The van der Waals surface area contributed by atoms with Crippen molar-refractivity contribution in [2.24, 2.45) is 7.05 Å². The van der Waals surface area contributed by atoms with Crippen LogP contribution in [-0.2, 0) is 20.3 Å². The molecule has 1 heterocycles. The number of hydrogen-bond acceptors (Lipinski definition) is 6. The Labute approximate surface area is 108 Å². The van der Waals surface area contributed by atoms with E-state index in [0.29, 0.717) is 11.3 Å².